The van der Waals surface area contributed by atoms with E-state index in [1.807, 2.05) is 55.5 Å². The molecule has 1 atom stereocenters. The Bertz CT molecular complexity index is 1260. The predicted octanol–water partition coefficient (Wildman–Crippen LogP) is 6.47. The Balaban J connectivity index is 1.79. The third kappa shape index (κ3) is 4.90. The topological polar surface area (TPSA) is 70.0 Å². The van der Waals surface area contributed by atoms with Crippen LogP contribution in [0.3, 0.4) is 0 Å². The zero-order chi connectivity index (χ0) is 24.4. The van der Waals surface area contributed by atoms with Crippen LogP contribution in [0.2, 0.25) is 5.02 Å². The van der Waals surface area contributed by atoms with Gasteiger partial charge in [-0.25, -0.2) is 5.01 Å². The Morgan fingerprint density at radius 1 is 0.971 bits per heavy atom. The molecule has 0 radical (unpaired) electrons. The predicted molar refractivity (Wildman–Crippen MR) is 135 cm³/mol. The number of carboxylic acids is 1. The van der Waals surface area contributed by atoms with Crippen molar-refractivity contribution in [3.05, 3.63) is 93.5 Å². The zero-order valence-electron chi connectivity index (χ0n) is 19.5. The van der Waals surface area contributed by atoms with Gasteiger partial charge in [-0.05, 0) is 60.7 Å². The van der Waals surface area contributed by atoms with E-state index in [0.29, 0.717) is 11.4 Å². The third-order valence-electron chi connectivity index (χ3n) is 6.36. The Hall–Kier alpha value is -3.44. The highest BCUT2D eigenvalue weighted by Crippen LogP contribution is 2.38. The molecule has 4 rings (SSSR count). The molecule has 0 saturated carbocycles. The van der Waals surface area contributed by atoms with E-state index in [-0.39, 0.29) is 24.8 Å². The zero-order valence-corrected chi connectivity index (χ0v) is 20.3. The molecule has 0 spiro atoms. The van der Waals surface area contributed by atoms with Crippen LogP contribution in [-0.2, 0) is 9.59 Å². The molecule has 0 aliphatic carbocycles. The van der Waals surface area contributed by atoms with E-state index in [4.69, 9.17) is 21.8 Å². The van der Waals surface area contributed by atoms with Gasteiger partial charge in [-0.2, -0.15) is 5.10 Å². The van der Waals surface area contributed by atoms with Crippen LogP contribution in [0.25, 0.3) is 11.1 Å². The van der Waals surface area contributed by atoms with Crippen molar-refractivity contribution >= 4 is 29.2 Å². The lowest BCUT2D eigenvalue weighted by Crippen LogP contribution is -2.27. The summed E-state index contributed by atoms with van der Waals surface area (Å²) in [5.41, 5.74) is 8.29. The number of amides is 1. The summed E-state index contributed by atoms with van der Waals surface area (Å²) in [6, 6.07) is 19.6. The summed E-state index contributed by atoms with van der Waals surface area (Å²) in [6.45, 7) is 6.18. The summed E-state index contributed by atoms with van der Waals surface area (Å²) >= 11 is 6.13. The smallest absolute Gasteiger partial charge is 0.303 e. The number of hydrogen-bond donors (Lipinski definition) is 1. The number of carboxylic acid groups (broad SMARTS) is 1. The van der Waals surface area contributed by atoms with E-state index in [1.54, 1.807) is 0 Å². The van der Waals surface area contributed by atoms with Gasteiger partial charge < -0.3 is 5.11 Å². The molecule has 0 saturated heterocycles. The molecule has 34 heavy (non-hydrogen) atoms. The van der Waals surface area contributed by atoms with Crippen molar-refractivity contribution in [2.75, 3.05) is 0 Å². The average molecular weight is 475 g/mol. The molecular weight excluding hydrogens is 448 g/mol. The molecule has 1 amide bonds. The lowest BCUT2D eigenvalue weighted by molar-refractivity contribution is -0.141. The molecule has 6 heteroatoms. The van der Waals surface area contributed by atoms with Gasteiger partial charge in [0.1, 0.15) is 0 Å². The van der Waals surface area contributed by atoms with Crippen LogP contribution < -0.4 is 0 Å². The summed E-state index contributed by atoms with van der Waals surface area (Å²) in [5.74, 6) is -1.29. The van der Waals surface area contributed by atoms with Crippen molar-refractivity contribution in [2.45, 2.75) is 46.1 Å². The maximum atomic E-state index is 13.0. The van der Waals surface area contributed by atoms with Crippen LogP contribution in [0.4, 0.5) is 0 Å². The second kappa shape index (κ2) is 9.82. The SMILES string of the molecule is Cc1ccc([C@H]2CC(c3ccc(C)c(C)c3-c3ccc(Cl)cc3)=NN2C(=O)CCC(=O)O)cc1. The van der Waals surface area contributed by atoms with Gasteiger partial charge in [-0.15, -0.1) is 0 Å². The first-order valence-corrected chi connectivity index (χ1v) is 11.7. The first-order valence-electron chi connectivity index (χ1n) is 11.3. The van der Waals surface area contributed by atoms with Crippen molar-refractivity contribution in [2.24, 2.45) is 5.10 Å². The second-order valence-electron chi connectivity index (χ2n) is 8.75. The molecule has 1 aliphatic rings. The Morgan fingerprint density at radius 2 is 1.65 bits per heavy atom. The summed E-state index contributed by atoms with van der Waals surface area (Å²) < 4.78 is 0. The number of rotatable bonds is 6. The van der Waals surface area contributed by atoms with E-state index in [9.17, 15) is 9.59 Å². The summed E-state index contributed by atoms with van der Waals surface area (Å²) in [6.07, 6.45) is 0.233. The van der Waals surface area contributed by atoms with Gasteiger partial charge in [0.05, 0.1) is 18.2 Å². The fraction of sp³-hybridized carbons (Fsp3) is 0.250. The third-order valence-corrected chi connectivity index (χ3v) is 6.61. The van der Waals surface area contributed by atoms with Gasteiger partial charge in [0.15, 0.2) is 0 Å². The number of hydrogen-bond acceptors (Lipinski definition) is 3. The monoisotopic (exact) mass is 474 g/mol. The number of halogens is 1. The number of benzene rings is 3. The van der Waals surface area contributed by atoms with Crippen LogP contribution in [-0.4, -0.2) is 27.7 Å². The lowest BCUT2D eigenvalue weighted by atomic mass is 9.88. The minimum atomic E-state index is -0.997. The van der Waals surface area contributed by atoms with Gasteiger partial charge in [-0.3, -0.25) is 9.59 Å². The van der Waals surface area contributed by atoms with E-state index in [1.165, 1.54) is 5.01 Å². The van der Waals surface area contributed by atoms with Gasteiger partial charge >= 0.3 is 5.97 Å². The fourth-order valence-corrected chi connectivity index (χ4v) is 4.45. The van der Waals surface area contributed by atoms with Gasteiger partial charge in [0, 0.05) is 23.4 Å². The second-order valence-corrected chi connectivity index (χ2v) is 9.18. The highest BCUT2D eigenvalue weighted by Gasteiger charge is 2.34. The molecule has 0 aromatic heterocycles. The lowest BCUT2D eigenvalue weighted by Gasteiger charge is -2.22. The highest BCUT2D eigenvalue weighted by molar-refractivity contribution is 6.30. The number of aliphatic carboxylic acids is 1. The average Bonchev–Trinajstić information content (AvgIpc) is 3.26. The van der Waals surface area contributed by atoms with Gasteiger partial charge in [-0.1, -0.05) is 65.7 Å². The molecule has 0 fully saturated rings. The first kappa shape index (κ1) is 23.7. The quantitative estimate of drug-likeness (QED) is 0.444. The largest absolute Gasteiger partial charge is 0.481 e. The number of hydrazone groups is 1. The normalized spacial score (nSPS) is 15.4. The van der Waals surface area contributed by atoms with Crippen LogP contribution >= 0.6 is 11.6 Å². The van der Waals surface area contributed by atoms with Crippen molar-refractivity contribution in [1.82, 2.24) is 5.01 Å². The fourth-order valence-electron chi connectivity index (χ4n) is 4.32. The molecule has 1 aliphatic heterocycles. The number of carbonyl (C=O) groups excluding carboxylic acids is 1. The minimum Gasteiger partial charge on any atom is -0.481 e. The molecule has 1 N–H and O–H groups in total. The van der Waals surface area contributed by atoms with Gasteiger partial charge in [0.25, 0.3) is 0 Å². The summed E-state index contributed by atoms with van der Waals surface area (Å²) in [7, 11) is 0. The van der Waals surface area contributed by atoms with E-state index in [2.05, 4.69) is 26.0 Å². The summed E-state index contributed by atoms with van der Waals surface area (Å²) in [4.78, 5) is 24.1. The first-order chi connectivity index (χ1) is 16.2. The van der Waals surface area contributed by atoms with Crippen molar-refractivity contribution in [3.63, 3.8) is 0 Å². The molecule has 174 valence electrons. The highest BCUT2D eigenvalue weighted by atomic mass is 35.5. The van der Waals surface area contributed by atoms with Crippen LogP contribution in [0.15, 0.2) is 65.8 Å². The number of nitrogens with zero attached hydrogens (tertiary/aromatic N) is 2. The molecule has 0 unspecified atom stereocenters. The maximum Gasteiger partial charge on any atom is 0.303 e. The Labute approximate surface area is 204 Å². The van der Waals surface area contributed by atoms with Crippen molar-refractivity contribution < 1.29 is 14.7 Å². The molecule has 0 bridgehead atoms. The Morgan fingerprint density at radius 3 is 2.29 bits per heavy atom. The standard InChI is InChI=1S/C28H27ClN2O3/c1-17-4-7-20(8-5-17)25-16-24(30-31(25)26(32)14-15-27(33)34)23-13-6-18(2)19(3)28(23)21-9-11-22(29)12-10-21/h4-13,25H,14-16H2,1-3H3,(H,33,34)/t25-/m1/s1. The van der Waals surface area contributed by atoms with E-state index >= 15 is 0 Å². The van der Waals surface area contributed by atoms with E-state index in [0.717, 1.165) is 44.7 Å². The molecule has 3 aromatic rings. The molecule has 1 heterocycles. The molecular formula is C28H27ClN2O3. The van der Waals surface area contributed by atoms with Crippen molar-refractivity contribution in [1.29, 1.82) is 0 Å². The van der Waals surface area contributed by atoms with E-state index < -0.39 is 5.97 Å². The molecule has 3 aromatic carbocycles. The van der Waals surface area contributed by atoms with Crippen molar-refractivity contribution in [3.8, 4) is 11.1 Å². The number of carbonyl (C=O) groups is 2. The Kier molecular flexibility index (Phi) is 6.85. The van der Waals surface area contributed by atoms with Crippen LogP contribution in [0.5, 0.6) is 0 Å². The maximum absolute atomic E-state index is 13.0. The van der Waals surface area contributed by atoms with Crippen LogP contribution in [0.1, 0.15) is 53.1 Å². The summed E-state index contributed by atoms with van der Waals surface area (Å²) in [5, 5.41) is 16.0. The minimum absolute atomic E-state index is 0.0918. The van der Waals surface area contributed by atoms with Crippen LogP contribution in [0, 0.1) is 20.8 Å². The van der Waals surface area contributed by atoms with Gasteiger partial charge in [0.2, 0.25) is 5.91 Å². The molecule has 5 nitrogen and oxygen atoms in total. The number of aryl methyl sites for hydroxylation is 2.